The first-order valence-corrected chi connectivity index (χ1v) is 8.41. The Hall–Kier alpha value is -3.35. The monoisotopic (exact) mass is 350 g/mol. The normalized spacial score (nSPS) is 12.6. The molecule has 1 amide bonds. The number of nitrogens with one attached hydrogen (secondary N) is 1. The molecule has 0 spiro atoms. The van der Waals surface area contributed by atoms with Crippen LogP contribution in [0.2, 0.25) is 0 Å². The van der Waals surface area contributed by atoms with Crippen LogP contribution in [-0.4, -0.2) is 40.2 Å². The highest BCUT2D eigenvalue weighted by atomic mass is 16.6. The van der Waals surface area contributed by atoms with Crippen LogP contribution in [0, 0.1) is 0 Å². The third-order valence-electron chi connectivity index (χ3n) is 4.08. The first-order valence-electron chi connectivity index (χ1n) is 8.41. The zero-order valence-electron chi connectivity index (χ0n) is 14.1. The van der Waals surface area contributed by atoms with Crippen LogP contribution in [0.4, 0.5) is 0 Å². The van der Waals surface area contributed by atoms with Crippen molar-refractivity contribution in [2.75, 3.05) is 19.8 Å². The Morgan fingerprint density at radius 3 is 2.85 bits per heavy atom. The van der Waals surface area contributed by atoms with E-state index in [1.807, 2.05) is 18.2 Å². The fraction of sp³-hybridized carbons (Fsp3) is 0.211. The van der Waals surface area contributed by atoms with Gasteiger partial charge in [-0.15, -0.1) is 0 Å². The number of benzene rings is 1. The summed E-state index contributed by atoms with van der Waals surface area (Å²) in [5, 5.41) is 2.94. The molecule has 132 valence electrons. The Bertz CT molecular complexity index is 909. The van der Waals surface area contributed by atoms with Crippen LogP contribution in [0.15, 0.2) is 55.2 Å². The van der Waals surface area contributed by atoms with Gasteiger partial charge in [0, 0.05) is 30.7 Å². The van der Waals surface area contributed by atoms with E-state index >= 15 is 0 Å². The van der Waals surface area contributed by atoms with Crippen LogP contribution in [0.25, 0.3) is 5.82 Å². The maximum atomic E-state index is 12.4. The topological polar surface area (TPSA) is 78.3 Å². The number of hydrogen-bond donors (Lipinski definition) is 1. The van der Waals surface area contributed by atoms with Gasteiger partial charge in [0.15, 0.2) is 11.5 Å². The lowest BCUT2D eigenvalue weighted by atomic mass is 10.1. The van der Waals surface area contributed by atoms with E-state index in [0.717, 1.165) is 17.1 Å². The molecule has 1 aliphatic rings. The minimum absolute atomic E-state index is 0.133. The van der Waals surface area contributed by atoms with Gasteiger partial charge in [-0.3, -0.25) is 9.36 Å². The Balaban J connectivity index is 1.36. The van der Waals surface area contributed by atoms with Gasteiger partial charge in [0.05, 0.1) is 0 Å². The number of pyridine rings is 1. The number of hydrogen-bond acceptors (Lipinski definition) is 5. The maximum Gasteiger partial charge on any atom is 0.251 e. The SMILES string of the molecule is O=C(NCCc1ccc2c(c1)OCCO2)c1ccnc(-n2ccnc2)c1. The third kappa shape index (κ3) is 3.51. The van der Waals surface area contributed by atoms with Crippen LogP contribution < -0.4 is 14.8 Å². The molecule has 0 saturated carbocycles. The lowest BCUT2D eigenvalue weighted by Crippen LogP contribution is -2.26. The quantitative estimate of drug-likeness (QED) is 0.762. The highest BCUT2D eigenvalue weighted by molar-refractivity contribution is 5.94. The van der Waals surface area contributed by atoms with Crippen molar-refractivity contribution in [3.63, 3.8) is 0 Å². The van der Waals surface area contributed by atoms with E-state index < -0.39 is 0 Å². The molecular formula is C19H18N4O3. The summed E-state index contributed by atoms with van der Waals surface area (Å²) in [4.78, 5) is 20.6. The highest BCUT2D eigenvalue weighted by Crippen LogP contribution is 2.30. The summed E-state index contributed by atoms with van der Waals surface area (Å²) in [5.74, 6) is 2.06. The molecule has 0 fully saturated rings. The number of imidazole rings is 1. The highest BCUT2D eigenvalue weighted by Gasteiger charge is 2.12. The summed E-state index contributed by atoms with van der Waals surface area (Å²) in [6, 6.07) is 9.29. The number of carbonyl (C=O) groups is 1. The molecule has 0 saturated heterocycles. The predicted molar refractivity (Wildman–Crippen MR) is 94.8 cm³/mol. The van der Waals surface area contributed by atoms with Gasteiger partial charge >= 0.3 is 0 Å². The number of aromatic nitrogens is 3. The van der Waals surface area contributed by atoms with Gasteiger partial charge in [-0.05, 0) is 36.2 Å². The Morgan fingerprint density at radius 2 is 2.00 bits per heavy atom. The molecule has 0 atom stereocenters. The van der Waals surface area contributed by atoms with Crippen molar-refractivity contribution in [3.05, 3.63) is 66.4 Å². The van der Waals surface area contributed by atoms with Crippen LogP contribution in [-0.2, 0) is 6.42 Å². The molecule has 2 aromatic heterocycles. The lowest BCUT2D eigenvalue weighted by molar-refractivity contribution is 0.0954. The average Bonchev–Trinajstić information content (AvgIpc) is 3.23. The van der Waals surface area contributed by atoms with Gasteiger partial charge in [-0.1, -0.05) is 6.07 Å². The number of ether oxygens (including phenoxy) is 2. The molecular weight excluding hydrogens is 332 g/mol. The number of carbonyl (C=O) groups excluding carboxylic acids is 1. The van der Waals surface area contributed by atoms with Crippen molar-refractivity contribution in [1.29, 1.82) is 0 Å². The zero-order chi connectivity index (χ0) is 17.8. The van der Waals surface area contributed by atoms with Crippen molar-refractivity contribution in [2.45, 2.75) is 6.42 Å². The lowest BCUT2D eigenvalue weighted by Gasteiger charge is -2.18. The second-order valence-electron chi connectivity index (χ2n) is 5.86. The van der Waals surface area contributed by atoms with E-state index in [1.54, 1.807) is 41.6 Å². The molecule has 0 radical (unpaired) electrons. The van der Waals surface area contributed by atoms with Crippen molar-refractivity contribution >= 4 is 5.91 Å². The van der Waals surface area contributed by atoms with E-state index in [4.69, 9.17) is 9.47 Å². The van der Waals surface area contributed by atoms with Crippen LogP contribution in [0.1, 0.15) is 15.9 Å². The molecule has 1 N–H and O–H groups in total. The first kappa shape index (κ1) is 16.1. The summed E-state index contributed by atoms with van der Waals surface area (Å²) in [5.41, 5.74) is 1.65. The van der Waals surface area contributed by atoms with Crippen LogP contribution in [0.5, 0.6) is 11.5 Å². The first-order chi connectivity index (χ1) is 12.8. The summed E-state index contributed by atoms with van der Waals surface area (Å²) in [6.45, 7) is 1.67. The van der Waals surface area contributed by atoms with E-state index in [9.17, 15) is 4.79 Å². The predicted octanol–water partition coefficient (Wildman–Crippen LogP) is 2.01. The van der Waals surface area contributed by atoms with Crippen molar-refractivity contribution in [3.8, 4) is 17.3 Å². The molecule has 3 aromatic rings. The van der Waals surface area contributed by atoms with E-state index in [-0.39, 0.29) is 5.91 Å². The van der Waals surface area contributed by atoms with Gasteiger partial charge in [0.1, 0.15) is 25.4 Å². The van der Waals surface area contributed by atoms with Crippen LogP contribution >= 0.6 is 0 Å². The third-order valence-corrected chi connectivity index (χ3v) is 4.08. The van der Waals surface area contributed by atoms with Gasteiger partial charge in [-0.25, -0.2) is 9.97 Å². The smallest absolute Gasteiger partial charge is 0.251 e. The van der Waals surface area contributed by atoms with Crippen molar-refractivity contribution in [1.82, 2.24) is 19.9 Å². The Labute approximate surface area is 150 Å². The number of nitrogens with zero attached hydrogens (tertiary/aromatic N) is 3. The zero-order valence-corrected chi connectivity index (χ0v) is 14.1. The molecule has 1 aliphatic heterocycles. The average molecular weight is 350 g/mol. The number of rotatable bonds is 5. The molecule has 7 nitrogen and oxygen atoms in total. The van der Waals surface area contributed by atoms with Gasteiger partial charge in [-0.2, -0.15) is 0 Å². The Kier molecular flexibility index (Phi) is 4.51. The molecule has 3 heterocycles. The molecule has 7 heteroatoms. The standard InChI is InChI=1S/C19H18N4O3/c24-19(15-4-6-21-18(12-15)23-8-7-20-13-23)22-5-3-14-1-2-16-17(11-14)26-10-9-25-16/h1-2,4,6-8,11-13H,3,5,9-10H2,(H,22,24). The van der Waals surface area contributed by atoms with Crippen molar-refractivity contribution < 1.29 is 14.3 Å². The summed E-state index contributed by atoms with van der Waals surface area (Å²) in [6.07, 6.45) is 7.42. The summed E-state index contributed by atoms with van der Waals surface area (Å²) < 4.78 is 12.9. The van der Waals surface area contributed by atoms with E-state index in [1.165, 1.54) is 0 Å². The van der Waals surface area contributed by atoms with Crippen LogP contribution in [0.3, 0.4) is 0 Å². The minimum Gasteiger partial charge on any atom is -0.486 e. The second-order valence-corrected chi connectivity index (χ2v) is 5.86. The molecule has 26 heavy (non-hydrogen) atoms. The molecule has 1 aromatic carbocycles. The molecule has 0 bridgehead atoms. The fourth-order valence-electron chi connectivity index (χ4n) is 2.76. The second kappa shape index (κ2) is 7.26. The van der Waals surface area contributed by atoms with Gasteiger partial charge < -0.3 is 14.8 Å². The van der Waals surface area contributed by atoms with Gasteiger partial charge in [0.25, 0.3) is 5.91 Å². The Morgan fingerprint density at radius 1 is 1.12 bits per heavy atom. The number of fused-ring (bicyclic) bond motifs is 1. The van der Waals surface area contributed by atoms with Gasteiger partial charge in [0.2, 0.25) is 0 Å². The summed E-state index contributed by atoms with van der Waals surface area (Å²) >= 11 is 0. The minimum atomic E-state index is -0.133. The van der Waals surface area contributed by atoms with E-state index in [0.29, 0.717) is 37.6 Å². The number of amides is 1. The van der Waals surface area contributed by atoms with E-state index in [2.05, 4.69) is 15.3 Å². The molecule has 0 aliphatic carbocycles. The van der Waals surface area contributed by atoms with Crippen molar-refractivity contribution in [2.24, 2.45) is 0 Å². The molecule has 0 unspecified atom stereocenters. The largest absolute Gasteiger partial charge is 0.486 e. The fourth-order valence-corrected chi connectivity index (χ4v) is 2.76. The summed E-state index contributed by atoms with van der Waals surface area (Å²) in [7, 11) is 0. The molecule has 4 rings (SSSR count). The maximum absolute atomic E-state index is 12.4.